The van der Waals surface area contributed by atoms with Crippen molar-refractivity contribution >= 4 is 64.1 Å². The Hall–Kier alpha value is -7.00. The van der Waals surface area contributed by atoms with Gasteiger partial charge in [0.05, 0.1) is 42.4 Å². The lowest BCUT2D eigenvalue weighted by Crippen LogP contribution is -2.54. The molecule has 3 fully saturated rings. The molecule has 5 aromatic rings. The van der Waals surface area contributed by atoms with Crippen LogP contribution in [0.3, 0.4) is 0 Å². The molecular formula is C49H52N10O9S. The molecule has 4 aliphatic heterocycles. The molecule has 6 amide bonds. The number of aromatic nitrogens is 4. The maximum Gasteiger partial charge on any atom is 0.263 e. The van der Waals surface area contributed by atoms with Crippen molar-refractivity contribution in [2.75, 3.05) is 83.7 Å². The number of nitrogens with two attached hydrogens (primary N) is 1. The summed E-state index contributed by atoms with van der Waals surface area (Å²) in [6.07, 6.45) is 6.74. The molecule has 69 heavy (non-hydrogen) atoms. The molecule has 0 spiro atoms. The number of carbonyl (C=O) groups excluding carboxylic acids is 6. The van der Waals surface area contributed by atoms with Crippen LogP contribution in [0, 0.1) is 0 Å². The zero-order chi connectivity index (χ0) is 47.9. The molecular weight excluding hydrogens is 905 g/mol. The second-order valence-corrected chi connectivity index (χ2v) is 18.1. The summed E-state index contributed by atoms with van der Waals surface area (Å²) in [6, 6.07) is 21.1. The lowest BCUT2D eigenvalue weighted by atomic mass is 10.0. The van der Waals surface area contributed by atoms with Crippen LogP contribution in [0.1, 0.15) is 52.4 Å². The SMILES string of the molecule is Nc1ncnc2c1c(-c1ccc(Oc3ccccc3)cc1)nn2[C@@H]1CCCN(C(=O)/C=C/CN2CCN(C(=O)COCCOCCSc3cccc4c3C(=O)N(C3CCC(=O)NC3=O)C4=O)CC2)C1. The van der Waals surface area contributed by atoms with Crippen LogP contribution in [-0.2, 0) is 28.7 Å². The summed E-state index contributed by atoms with van der Waals surface area (Å²) >= 11 is 1.36. The second kappa shape index (κ2) is 21.5. The number of piperidine rings is 2. The van der Waals surface area contributed by atoms with Gasteiger partial charge >= 0.3 is 0 Å². The Bertz CT molecular complexity index is 2760. The number of nitrogen functional groups attached to an aromatic ring is 1. The van der Waals surface area contributed by atoms with Crippen LogP contribution >= 0.6 is 11.8 Å². The van der Waals surface area contributed by atoms with Gasteiger partial charge in [-0.25, -0.2) is 14.6 Å². The molecule has 3 saturated heterocycles. The quantitative estimate of drug-likeness (QED) is 0.0583. The van der Waals surface area contributed by atoms with Gasteiger partial charge in [0.15, 0.2) is 5.65 Å². The van der Waals surface area contributed by atoms with Gasteiger partial charge in [0.2, 0.25) is 23.6 Å². The van der Waals surface area contributed by atoms with Crippen LogP contribution in [0.2, 0.25) is 0 Å². The van der Waals surface area contributed by atoms with E-state index >= 15 is 0 Å². The predicted octanol–water partition coefficient (Wildman–Crippen LogP) is 3.96. The van der Waals surface area contributed by atoms with E-state index in [1.807, 2.05) is 70.3 Å². The molecule has 9 rings (SSSR count). The molecule has 4 aliphatic rings. The van der Waals surface area contributed by atoms with Crippen LogP contribution in [0.15, 0.2) is 96.2 Å². The molecule has 0 saturated carbocycles. The van der Waals surface area contributed by atoms with Crippen LogP contribution in [0.25, 0.3) is 22.3 Å². The van der Waals surface area contributed by atoms with Crippen molar-refractivity contribution in [3.05, 3.63) is 102 Å². The number of para-hydroxylation sites is 1. The minimum Gasteiger partial charge on any atom is -0.457 e. The van der Waals surface area contributed by atoms with Crippen molar-refractivity contribution < 1.29 is 43.0 Å². The lowest BCUT2D eigenvalue weighted by Gasteiger charge is -2.34. The third-order valence-corrected chi connectivity index (χ3v) is 13.6. The summed E-state index contributed by atoms with van der Waals surface area (Å²) in [5.41, 5.74) is 9.03. The first kappa shape index (κ1) is 47.1. The summed E-state index contributed by atoms with van der Waals surface area (Å²) < 4.78 is 19.2. The maximum absolute atomic E-state index is 13.5. The molecule has 6 heterocycles. The van der Waals surface area contributed by atoms with Crippen molar-refractivity contribution in [1.82, 2.24) is 44.7 Å². The largest absolute Gasteiger partial charge is 0.457 e. The van der Waals surface area contributed by atoms with E-state index in [1.165, 1.54) is 18.1 Å². The van der Waals surface area contributed by atoms with Gasteiger partial charge in [0, 0.05) is 74.5 Å². The first-order chi connectivity index (χ1) is 33.6. The van der Waals surface area contributed by atoms with Gasteiger partial charge in [-0.1, -0.05) is 30.3 Å². The Kier molecular flexibility index (Phi) is 14.7. The van der Waals surface area contributed by atoms with Crippen LogP contribution in [0.5, 0.6) is 11.5 Å². The normalized spacial score (nSPS) is 18.9. The van der Waals surface area contributed by atoms with Gasteiger partial charge in [-0.05, 0) is 67.8 Å². The van der Waals surface area contributed by atoms with Gasteiger partial charge in [-0.3, -0.25) is 43.9 Å². The summed E-state index contributed by atoms with van der Waals surface area (Å²) in [5.74, 6) is -0.0770. The molecule has 19 nitrogen and oxygen atoms in total. The van der Waals surface area contributed by atoms with Crippen molar-refractivity contribution in [2.24, 2.45) is 0 Å². The van der Waals surface area contributed by atoms with E-state index in [-0.39, 0.29) is 61.6 Å². The number of ether oxygens (including phenoxy) is 3. The van der Waals surface area contributed by atoms with Crippen molar-refractivity contribution in [3.63, 3.8) is 0 Å². The fourth-order valence-corrected chi connectivity index (χ4v) is 9.92. The third kappa shape index (κ3) is 10.7. The summed E-state index contributed by atoms with van der Waals surface area (Å²) in [5, 5.41) is 7.90. The number of imide groups is 2. The highest BCUT2D eigenvalue weighted by Gasteiger charge is 2.45. The number of piperazine rings is 1. The van der Waals surface area contributed by atoms with Crippen LogP contribution < -0.4 is 15.8 Å². The highest BCUT2D eigenvalue weighted by Crippen LogP contribution is 2.36. The zero-order valence-corrected chi connectivity index (χ0v) is 38.7. The van der Waals surface area contributed by atoms with Crippen molar-refractivity contribution in [2.45, 2.75) is 42.7 Å². The van der Waals surface area contributed by atoms with Crippen LogP contribution in [-0.4, -0.2) is 159 Å². The highest BCUT2D eigenvalue weighted by molar-refractivity contribution is 7.99. The Morgan fingerprint density at radius 3 is 2.41 bits per heavy atom. The molecule has 2 atom stereocenters. The average molecular weight is 957 g/mol. The number of anilines is 1. The average Bonchev–Trinajstić information content (AvgIpc) is 3.88. The Morgan fingerprint density at radius 1 is 0.826 bits per heavy atom. The zero-order valence-electron chi connectivity index (χ0n) is 37.9. The number of likely N-dealkylation sites (tertiary alicyclic amines) is 1. The number of thioether (sulfide) groups is 1. The van der Waals surface area contributed by atoms with Gasteiger partial charge < -0.3 is 29.7 Å². The number of hydrogen-bond acceptors (Lipinski definition) is 15. The molecule has 1 unspecified atom stereocenters. The van der Waals surface area contributed by atoms with Crippen molar-refractivity contribution in [3.8, 4) is 22.8 Å². The number of hydrogen-bond donors (Lipinski definition) is 2. The molecule has 3 N–H and O–H groups in total. The standard InChI is InChI=1S/C49H52N10O9S/c50-45-43-44(32-13-15-35(16-14-32)68-34-8-2-1-3-9-34)54-59(46(43)52-31-51-45)33-7-5-20-57(29-33)40(61)12-6-19-55-21-23-56(24-22-55)41(62)30-67-26-25-66-27-28-69-38-11-4-10-36-42(38)49(65)58(48(36)64)37-17-18-39(60)53-47(37)63/h1-4,6,8-16,31,33,37H,5,7,17-30H2,(H2,50,51,52)(H,53,60,63)/b12-6+/t33-,37?/m1/s1. The first-order valence-corrected chi connectivity index (χ1v) is 24.0. The number of amides is 6. The fourth-order valence-electron chi connectivity index (χ4n) is 8.99. The number of nitrogens with zero attached hydrogens (tertiary/aromatic N) is 8. The number of nitrogens with one attached hydrogen (secondary N) is 1. The molecule has 0 radical (unpaired) electrons. The van der Waals surface area contributed by atoms with Crippen molar-refractivity contribution in [1.29, 1.82) is 0 Å². The minimum atomic E-state index is -1.02. The minimum absolute atomic E-state index is 0.0544. The van der Waals surface area contributed by atoms with Gasteiger partial charge in [0.25, 0.3) is 11.8 Å². The smallest absolute Gasteiger partial charge is 0.263 e. The highest BCUT2D eigenvalue weighted by atomic mass is 32.2. The molecule has 2 aromatic heterocycles. The number of rotatable bonds is 17. The lowest BCUT2D eigenvalue weighted by molar-refractivity contribution is -0.138. The molecule has 20 heteroatoms. The van der Waals surface area contributed by atoms with Gasteiger partial charge in [-0.2, -0.15) is 5.10 Å². The summed E-state index contributed by atoms with van der Waals surface area (Å²) in [7, 11) is 0. The van der Waals surface area contributed by atoms with Crippen LogP contribution in [0.4, 0.5) is 5.82 Å². The molecule has 3 aromatic carbocycles. The van der Waals surface area contributed by atoms with Gasteiger partial charge in [-0.15, -0.1) is 11.8 Å². The Morgan fingerprint density at radius 2 is 1.61 bits per heavy atom. The fraction of sp³-hybridized carbons (Fsp3) is 0.367. The van der Waals surface area contributed by atoms with E-state index in [2.05, 4.69) is 20.2 Å². The monoisotopic (exact) mass is 956 g/mol. The maximum atomic E-state index is 13.5. The van der Waals surface area contributed by atoms with Gasteiger partial charge in [0.1, 0.15) is 42.0 Å². The molecule has 358 valence electrons. The number of carbonyl (C=O) groups is 6. The van der Waals surface area contributed by atoms with E-state index < -0.39 is 29.7 Å². The number of benzene rings is 3. The molecule has 0 bridgehead atoms. The Balaban J connectivity index is 0.673. The first-order valence-electron chi connectivity index (χ1n) is 23.0. The summed E-state index contributed by atoms with van der Waals surface area (Å²) in [4.78, 5) is 93.0. The van der Waals surface area contributed by atoms with E-state index in [1.54, 1.807) is 29.2 Å². The van der Waals surface area contributed by atoms with E-state index in [4.69, 9.17) is 25.0 Å². The summed E-state index contributed by atoms with van der Waals surface area (Å²) in [6.45, 7) is 4.89. The van der Waals surface area contributed by atoms with E-state index in [0.717, 1.165) is 29.1 Å². The van der Waals surface area contributed by atoms with E-state index in [9.17, 15) is 28.8 Å². The Labute approximate surface area is 401 Å². The topological polar surface area (TPSA) is 225 Å². The molecule has 0 aliphatic carbocycles. The third-order valence-electron chi connectivity index (χ3n) is 12.5. The van der Waals surface area contributed by atoms with E-state index in [0.29, 0.717) is 91.4 Å². The second-order valence-electron chi connectivity index (χ2n) is 17.0. The predicted molar refractivity (Wildman–Crippen MR) is 254 cm³/mol. The number of fused-ring (bicyclic) bond motifs is 2.